The quantitative estimate of drug-likeness (QED) is 0.730. The number of benzene rings is 2. The molecule has 1 heterocycles. The van der Waals surface area contributed by atoms with Crippen LogP contribution in [0.3, 0.4) is 0 Å². The molecular formula is C16H13N2O3-. The van der Waals surface area contributed by atoms with Gasteiger partial charge in [-0.05, 0) is 24.3 Å². The lowest BCUT2D eigenvalue weighted by atomic mass is 10.1. The number of fused-ring (bicyclic) bond motifs is 2. The Labute approximate surface area is 120 Å². The molecule has 1 N–H and O–H groups in total. The van der Waals surface area contributed by atoms with Gasteiger partial charge in [0.2, 0.25) is 0 Å². The SMILES string of the molecule is O=C([O-])NCCn1c2ccccc2c(=O)c2ccccc21. The number of hydrogen-bond acceptors (Lipinski definition) is 3. The molecule has 3 rings (SSSR count). The van der Waals surface area contributed by atoms with Gasteiger partial charge in [-0.15, -0.1) is 0 Å². The molecule has 2 aromatic carbocycles. The van der Waals surface area contributed by atoms with Crippen LogP contribution in [-0.4, -0.2) is 17.2 Å². The Bertz CT molecular complexity index is 823. The highest BCUT2D eigenvalue weighted by molar-refractivity contribution is 5.93. The summed E-state index contributed by atoms with van der Waals surface area (Å²) in [4.78, 5) is 23.0. The topological polar surface area (TPSA) is 74.2 Å². The number of amides is 1. The number of rotatable bonds is 3. The van der Waals surface area contributed by atoms with Gasteiger partial charge in [-0.25, -0.2) is 0 Å². The first kappa shape index (κ1) is 13.2. The second-order valence-electron chi connectivity index (χ2n) is 4.73. The monoisotopic (exact) mass is 281 g/mol. The highest BCUT2D eigenvalue weighted by atomic mass is 16.4. The van der Waals surface area contributed by atoms with Crippen LogP contribution in [0.4, 0.5) is 4.79 Å². The van der Waals surface area contributed by atoms with Crippen molar-refractivity contribution in [2.75, 3.05) is 6.54 Å². The number of carboxylic acid groups (broad SMARTS) is 1. The predicted octanol–water partition coefficient (Wildman–Crippen LogP) is 1.09. The van der Waals surface area contributed by atoms with Crippen molar-refractivity contribution in [3.63, 3.8) is 0 Å². The van der Waals surface area contributed by atoms with Crippen molar-refractivity contribution in [1.29, 1.82) is 0 Å². The average Bonchev–Trinajstić information content (AvgIpc) is 2.50. The van der Waals surface area contributed by atoms with Crippen molar-refractivity contribution in [2.45, 2.75) is 6.54 Å². The maximum Gasteiger partial charge on any atom is 0.197 e. The number of nitrogens with one attached hydrogen (secondary N) is 1. The van der Waals surface area contributed by atoms with E-state index in [0.717, 1.165) is 11.0 Å². The minimum atomic E-state index is -1.30. The van der Waals surface area contributed by atoms with Crippen molar-refractivity contribution in [1.82, 2.24) is 9.88 Å². The van der Waals surface area contributed by atoms with Crippen LogP contribution in [0.25, 0.3) is 21.8 Å². The molecule has 1 aromatic heterocycles. The number of hydrogen-bond donors (Lipinski definition) is 1. The second kappa shape index (κ2) is 5.28. The summed E-state index contributed by atoms with van der Waals surface area (Å²) < 4.78 is 1.95. The Kier molecular flexibility index (Phi) is 3.31. The Morgan fingerprint density at radius 3 is 2.05 bits per heavy atom. The molecule has 0 fully saturated rings. The van der Waals surface area contributed by atoms with E-state index in [0.29, 0.717) is 17.3 Å². The van der Waals surface area contributed by atoms with E-state index >= 15 is 0 Å². The van der Waals surface area contributed by atoms with Crippen LogP contribution in [0.5, 0.6) is 0 Å². The summed E-state index contributed by atoms with van der Waals surface area (Å²) in [5.41, 5.74) is 1.58. The van der Waals surface area contributed by atoms with Crippen LogP contribution in [0.15, 0.2) is 53.3 Å². The molecule has 106 valence electrons. The van der Waals surface area contributed by atoms with Crippen molar-refractivity contribution < 1.29 is 9.90 Å². The zero-order valence-corrected chi connectivity index (χ0v) is 11.2. The van der Waals surface area contributed by atoms with Gasteiger partial charge < -0.3 is 19.8 Å². The fraction of sp³-hybridized carbons (Fsp3) is 0.125. The first-order valence-electron chi connectivity index (χ1n) is 6.63. The Balaban J connectivity index is 2.24. The van der Waals surface area contributed by atoms with Crippen LogP contribution in [0.1, 0.15) is 0 Å². The largest absolute Gasteiger partial charge is 0.530 e. The van der Waals surface area contributed by atoms with E-state index in [1.807, 2.05) is 41.0 Å². The summed E-state index contributed by atoms with van der Waals surface area (Å²) in [6.07, 6.45) is -1.30. The molecule has 1 amide bonds. The molecule has 0 unspecified atom stereocenters. The van der Waals surface area contributed by atoms with Gasteiger partial charge in [0.15, 0.2) is 5.43 Å². The molecule has 0 aliphatic heterocycles. The summed E-state index contributed by atoms with van der Waals surface area (Å²) >= 11 is 0. The summed E-state index contributed by atoms with van der Waals surface area (Å²) in [6, 6.07) is 14.7. The van der Waals surface area contributed by atoms with Crippen LogP contribution in [-0.2, 0) is 6.54 Å². The van der Waals surface area contributed by atoms with Crippen LogP contribution >= 0.6 is 0 Å². The Hall–Kier alpha value is -2.82. The molecule has 0 aliphatic rings. The summed E-state index contributed by atoms with van der Waals surface area (Å²) in [6.45, 7) is 0.647. The van der Waals surface area contributed by atoms with Gasteiger partial charge in [-0.2, -0.15) is 0 Å². The number of pyridine rings is 1. The van der Waals surface area contributed by atoms with E-state index in [9.17, 15) is 14.7 Å². The molecule has 0 spiro atoms. The second-order valence-corrected chi connectivity index (χ2v) is 4.73. The normalized spacial score (nSPS) is 10.9. The van der Waals surface area contributed by atoms with Crippen LogP contribution < -0.4 is 15.9 Å². The third-order valence-corrected chi connectivity index (χ3v) is 3.48. The Morgan fingerprint density at radius 2 is 1.52 bits per heavy atom. The van der Waals surface area contributed by atoms with E-state index in [1.54, 1.807) is 12.1 Å². The molecule has 0 saturated heterocycles. The highest BCUT2D eigenvalue weighted by Gasteiger charge is 2.09. The first-order chi connectivity index (χ1) is 10.2. The lowest BCUT2D eigenvalue weighted by Gasteiger charge is -2.16. The van der Waals surface area contributed by atoms with Gasteiger partial charge in [0.25, 0.3) is 0 Å². The van der Waals surface area contributed by atoms with Crippen LogP contribution in [0, 0.1) is 0 Å². The standard InChI is InChI=1S/C16H14N2O3/c19-15-11-5-1-3-7-13(11)18(10-9-17-16(20)21)14-8-4-2-6-12(14)15/h1-8,17H,9-10H2,(H,20,21)/p-1. The number of aromatic nitrogens is 1. The predicted molar refractivity (Wildman–Crippen MR) is 79.1 cm³/mol. The van der Waals surface area contributed by atoms with E-state index in [1.165, 1.54) is 0 Å². The maximum absolute atomic E-state index is 12.5. The molecule has 0 bridgehead atoms. The van der Waals surface area contributed by atoms with E-state index in [2.05, 4.69) is 5.32 Å². The van der Waals surface area contributed by atoms with Crippen molar-refractivity contribution >= 4 is 27.9 Å². The molecule has 0 radical (unpaired) electrons. The van der Waals surface area contributed by atoms with Crippen molar-refractivity contribution in [3.8, 4) is 0 Å². The molecule has 0 aliphatic carbocycles. The molecule has 5 nitrogen and oxygen atoms in total. The van der Waals surface area contributed by atoms with Gasteiger partial charge in [0.1, 0.15) is 6.09 Å². The fourth-order valence-corrected chi connectivity index (χ4v) is 2.59. The third-order valence-electron chi connectivity index (χ3n) is 3.48. The lowest BCUT2D eigenvalue weighted by Crippen LogP contribution is -2.38. The van der Waals surface area contributed by atoms with Crippen molar-refractivity contribution in [2.24, 2.45) is 0 Å². The molecule has 5 heteroatoms. The number of nitrogens with zero attached hydrogens (tertiary/aromatic N) is 1. The highest BCUT2D eigenvalue weighted by Crippen LogP contribution is 2.18. The van der Waals surface area contributed by atoms with Gasteiger partial charge >= 0.3 is 0 Å². The average molecular weight is 281 g/mol. The lowest BCUT2D eigenvalue weighted by molar-refractivity contribution is -0.250. The maximum atomic E-state index is 12.5. The summed E-state index contributed by atoms with van der Waals surface area (Å²) in [5, 5.41) is 14.0. The van der Waals surface area contributed by atoms with Gasteiger partial charge in [0.05, 0.1) is 11.0 Å². The van der Waals surface area contributed by atoms with E-state index < -0.39 is 6.09 Å². The zero-order valence-electron chi connectivity index (χ0n) is 11.2. The van der Waals surface area contributed by atoms with Gasteiger partial charge in [0, 0.05) is 23.9 Å². The third kappa shape index (κ3) is 2.33. The number of carbonyl (C=O) groups excluding carboxylic acids is 1. The summed E-state index contributed by atoms with van der Waals surface area (Å²) in [5.74, 6) is 0. The molecule has 21 heavy (non-hydrogen) atoms. The smallest absolute Gasteiger partial charge is 0.197 e. The number of para-hydroxylation sites is 2. The molecule has 0 atom stereocenters. The summed E-state index contributed by atoms with van der Waals surface area (Å²) in [7, 11) is 0. The van der Waals surface area contributed by atoms with E-state index in [4.69, 9.17) is 0 Å². The zero-order chi connectivity index (χ0) is 14.8. The number of carbonyl (C=O) groups is 1. The molecule has 0 saturated carbocycles. The first-order valence-corrected chi connectivity index (χ1v) is 6.63. The van der Waals surface area contributed by atoms with Gasteiger partial charge in [-0.1, -0.05) is 24.3 Å². The minimum absolute atomic E-state index is 0.00897. The van der Waals surface area contributed by atoms with Crippen LogP contribution in [0.2, 0.25) is 0 Å². The fourth-order valence-electron chi connectivity index (χ4n) is 2.59. The van der Waals surface area contributed by atoms with Crippen molar-refractivity contribution in [3.05, 3.63) is 58.8 Å². The molecule has 3 aromatic rings. The van der Waals surface area contributed by atoms with E-state index in [-0.39, 0.29) is 12.0 Å². The molecular weight excluding hydrogens is 268 g/mol. The van der Waals surface area contributed by atoms with Gasteiger partial charge in [-0.3, -0.25) is 4.79 Å². The Morgan fingerprint density at radius 1 is 1.00 bits per heavy atom. The minimum Gasteiger partial charge on any atom is -0.530 e.